The fraction of sp³-hybridized carbons (Fsp3) is 0.467. The number of ether oxygens (including phenoxy) is 2. The minimum atomic E-state index is -0.161. The Hall–Kier alpha value is -1.72. The molecule has 0 saturated carbocycles. The Balaban J connectivity index is 1.72. The van der Waals surface area contributed by atoms with E-state index in [1.54, 1.807) is 13.3 Å². The molecule has 0 bridgehead atoms. The minimum absolute atomic E-state index is 0.161. The van der Waals surface area contributed by atoms with Crippen LogP contribution in [0.25, 0.3) is 11.0 Å². The summed E-state index contributed by atoms with van der Waals surface area (Å²) >= 11 is 0. The van der Waals surface area contributed by atoms with Crippen LogP contribution in [0.2, 0.25) is 0 Å². The van der Waals surface area contributed by atoms with E-state index < -0.39 is 0 Å². The summed E-state index contributed by atoms with van der Waals surface area (Å²) in [5.41, 5.74) is 1.65. The van der Waals surface area contributed by atoms with Crippen molar-refractivity contribution in [3.8, 4) is 0 Å². The lowest BCUT2D eigenvalue weighted by molar-refractivity contribution is -0.0807. The van der Waals surface area contributed by atoms with Crippen LogP contribution in [0.3, 0.4) is 0 Å². The lowest BCUT2D eigenvalue weighted by atomic mass is 9.94. The molecule has 1 aromatic heterocycles. The van der Waals surface area contributed by atoms with Crippen molar-refractivity contribution in [1.82, 2.24) is 9.97 Å². The van der Waals surface area contributed by atoms with Gasteiger partial charge in [-0.2, -0.15) is 0 Å². The zero-order valence-corrected chi connectivity index (χ0v) is 11.6. The van der Waals surface area contributed by atoms with Gasteiger partial charge in [0.05, 0.1) is 22.8 Å². The van der Waals surface area contributed by atoms with Crippen LogP contribution in [0.5, 0.6) is 0 Å². The third-order valence-electron chi connectivity index (χ3n) is 3.88. The van der Waals surface area contributed by atoms with Gasteiger partial charge in [-0.15, -0.1) is 0 Å². The van der Waals surface area contributed by atoms with Crippen LogP contribution in [0, 0.1) is 0 Å². The first-order chi connectivity index (χ1) is 9.81. The normalized spacial score (nSPS) is 18.1. The Morgan fingerprint density at radius 2 is 2.00 bits per heavy atom. The smallest absolute Gasteiger partial charge is 0.145 e. The Bertz CT molecular complexity index is 582. The highest BCUT2D eigenvalue weighted by molar-refractivity contribution is 5.75. The van der Waals surface area contributed by atoms with Crippen LogP contribution in [-0.4, -0.2) is 42.4 Å². The van der Waals surface area contributed by atoms with Gasteiger partial charge < -0.3 is 14.8 Å². The first kappa shape index (κ1) is 13.3. The molecule has 1 fully saturated rings. The Morgan fingerprint density at radius 1 is 1.25 bits per heavy atom. The van der Waals surface area contributed by atoms with E-state index in [-0.39, 0.29) is 5.60 Å². The SMILES string of the molecule is COC1(CNc2cnc3ccccc3n2)CCOCC1. The average Bonchev–Trinajstić information content (AvgIpc) is 2.54. The molecular formula is C15H19N3O2. The molecule has 2 aromatic rings. The van der Waals surface area contributed by atoms with E-state index >= 15 is 0 Å². The number of hydrogen-bond donors (Lipinski definition) is 1. The largest absolute Gasteiger partial charge is 0.381 e. The fourth-order valence-electron chi connectivity index (χ4n) is 2.49. The molecule has 106 valence electrons. The summed E-state index contributed by atoms with van der Waals surface area (Å²) in [7, 11) is 1.76. The van der Waals surface area contributed by atoms with Crippen molar-refractivity contribution in [2.24, 2.45) is 0 Å². The van der Waals surface area contributed by atoms with E-state index in [1.807, 2.05) is 24.3 Å². The summed E-state index contributed by atoms with van der Waals surface area (Å²) in [4.78, 5) is 8.97. The molecule has 0 spiro atoms. The van der Waals surface area contributed by atoms with Gasteiger partial charge in [0.1, 0.15) is 5.82 Å². The summed E-state index contributed by atoms with van der Waals surface area (Å²) in [6, 6.07) is 7.86. The number of anilines is 1. The van der Waals surface area contributed by atoms with Crippen molar-refractivity contribution < 1.29 is 9.47 Å². The number of methoxy groups -OCH3 is 1. The predicted molar refractivity (Wildman–Crippen MR) is 77.8 cm³/mol. The van der Waals surface area contributed by atoms with E-state index in [2.05, 4.69) is 15.3 Å². The zero-order valence-electron chi connectivity index (χ0n) is 11.6. The topological polar surface area (TPSA) is 56.3 Å². The molecule has 1 aliphatic heterocycles. The van der Waals surface area contributed by atoms with Crippen LogP contribution in [0.15, 0.2) is 30.5 Å². The summed E-state index contributed by atoms with van der Waals surface area (Å²) in [5, 5.41) is 3.34. The summed E-state index contributed by atoms with van der Waals surface area (Å²) in [6.45, 7) is 2.22. The highest BCUT2D eigenvalue weighted by Gasteiger charge is 2.32. The lowest BCUT2D eigenvalue weighted by Gasteiger charge is -2.36. The number of fused-ring (bicyclic) bond motifs is 1. The molecule has 5 nitrogen and oxygen atoms in total. The molecular weight excluding hydrogens is 254 g/mol. The number of nitrogens with zero attached hydrogens (tertiary/aromatic N) is 2. The van der Waals surface area contributed by atoms with Crippen LogP contribution in [0.4, 0.5) is 5.82 Å². The number of benzene rings is 1. The number of hydrogen-bond acceptors (Lipinski definition) is 5. The van der Waals surface area contributed by atoms with Crippen molar-refractivity contribution in [3.05, 3.63) is 30.5 Å². The first-order valence-electron chi connectivity index (χ1n) is 6.90. The minimum Gasteiger partial charge on any atom is -0.381 e. The van der Waals surface area contributed by atoms with E-state index in [0.717, 1.165) is 49.5 Å². The molecule has 1 aromatic carbocycles. The van der Waals surface area contributed by atoms with Crippen molar-refractivity contribution >= 4 is 16.9 Å². The van der Waals surface area contributed by atoms with Crippen molar-refractivity contribution in [1.29, 1.82) is 0 Å². The first-order valence-corrected chi connectivity index (χ1v) is 6.90. The average molecular weight is 273 g/mol. The molecule has 0 amide bonds. The second-order valence-electron chi connectivity index (χ2n) is 5.10. The quantitative estimate of drug-likeness (QED) is 0.925. The predicted octanol–water partition coefficient (Wildman–Crippen LogP) is 2.24. The lowest BCUT2D eigenvalue weighted by Crippen LogP contribution is -2.44. The third-order valence-corrected chi connectivity index (χ3v) is 3.88. The number of nitrogens with one attached hydrogen (secondary N) is 1. The van der Waals surface area contributed by atoms with Gasteiger partial charge in [0.2, 0.25) is 0 Å². The third kappa shape index (κ3) is 2.73. The summed E-state index contributed by atoms with van der Waals surface area (Å²) in [6.07, 6.45) is 3.57. The monoisotopic (exact) mass is 273 g/mol. The summed E-state index contributed by atoms with van der Waals surface area (Å²) in [5.74, 6) is 0.784. The molecule has 3 rings (SSSR count). The standard InChI is InChI=1S/C15H19N3O2/c1-19-15(6-8-20-9-7-15)11-17-14-10-16-12-4-2-3-5-13(12)18-14/h2-5,10H,6-9,11H2,1H3,(H,17,18). The van der Waals surface area contributed by atoms with Crippen LogP contribution in [-0.2, 0) is 9.47 Å². The van der Waals surface area contributed by atoms with Gasteiger partial charge in [-0.1, -0.05) is 12.1 Å². The second-order valence-corrected chi connectivity index (χ2v) is 5.10. The molecule has 1 aliphatic rings. The highest BCUT2D eigenvalue weighted by atomic mass is 16.5. The van der Waals surface area contributed by atoms with E-state index in [0.29, 0.717) is 0 Å². The Labute approximate surface area is 118 Å². The maximum absolute atomic E-state index is 5.70. The van der Waals surface area contributed by atoms with Gasteiger partial charge >= 0.3 is 0 Å². The number of aromatic nitrogens is 2. The van der Waals surface area contributed by atoms with Gasteiger partial charge in [0, 0.05) is 39.7 Å². The molecule has 0 unspecified atom stereocenters. The van der Waals surface area contributed by atoms with Crippen molar-refractivity contribution in [2.45, 2.75) is 18.4 Å². The molecule has 0 atom stereocenters. The Morgan fingerprint density at radius 3 is 2.75 bits per heavy atom. The molecule has 0 aliphatic carbocycles. The molecule has 1 N–H and O–H groups in total. The van der Waals surface area contributed by atoms with Crippen LogP contribution >= 0.6 is 0 Å². The zero-order chi connectivity index (χ0) is 13.8. The molecule has 0 radical (unpaired) electrons. The highest BCUT2D eigenvalue weighted by Crippen LogP contribution is 2.25. The maximum atomic E-state index is 5.70. The van der Waals surface area contributed by atoms with Gasteiger partial charge in [0.25, 0.3) is 0 Å². The Kier molecular flexibility index (Phi) is 3.80. The number of para-hydroxylation sites is 2. The number of rotatable bonds is 4. The summed E-state index contributed by atoms with van der Waals surface area (Å²) < 4.78 is 11.1. The van der Waals surface area contributed by atoms with E-state index in [4.69, 9.17) is 9.47 Å². The van der Waals surface area contributed by atoms with Crippen molar-refractivity contribution in [3.63, 3.8) is 0 Å². The van der Waals surface area contributed by atoms with Crippen LogP contribution < -0.4 is 5.32 Å². The van der Waals surface area contributed by atoms with Gasteiger partial charge in [-0.05, 0) is 12.1 Å². The van der Waals surface area contributed by atoms with Crippen LogP contribution in [0.1, 0.15) is 12.8 Å². The maximum Gasteiger partial charge on any atom is 0.145 e. The molecule has 20 heavy (non-hydrogen) atoms. The van der Waals surface area contributed by atoms with Crippen molar-refractivity contribution in [2.75, 3.05) is 32.2 Å². The molecule has 2 heterocycles. The van der Waals surface area contributed by atoms with E-state index in [9.17, 15) is 0 Å². The van der Waals surface area contributed by atoms with Gasteiger partial charge in [0.15, 0.2) is 0 Å². The second kappa shape index (κ2) is 5.73. The fourth-order valence-corrected chi connectivity index (χ4v) is 2.49. The van der Waals surface area contributed by atoms with E-state index in [1.165, 1.54) is 0 Å². The molecule has 5 heteroatoms. The van der Waals surface area contributed by atoms with Gasteiger partial charge in [-0.3, -0.25) is 4.98 Å². The van der Waals surface area contributed by atoms with Gasteiger partial charge in [-0.25, -0.2) is 4.98 Å². The molecule has 1 saturated heterocycles.